The summed E-state index contributed by atoms with van der Waals surface area (Å²) < 4.78 is 41.3. The summed E-state index contributed by atoms with van der Waals surface area (Å²) in [5.41, 5.74) is 1.11. The van der Waals surface area contributed by atoms with E-state index in [9.17, 15) is 9.28 Å². The molecule has 1 aliphatic rings. The van der Waals surface area contributed by atoms with Crippen LogP contribution in [-0.4, -0.2) is 63.6 Å². The number of hydrogen-bond donors (Lipinski definition) is 2. The molecule has 3 heterocycles. The molecule has 3 rings (SSSR count). The van der Waals surface area contributed by atoms with Crippen molar-refractivity contribution in [3.63, 3.8) is 0 Å². The summed E-state index contributed by atoms with van der Waals surface area (Å²) >= 11 is 9.13. The molecular weight excluding hydrogens is 453 g/mol. The summed E-state index contributed by atoms with van der Waals surface area (Å²) in [6, 6.07) is 0. The van der Waals surface area contributed by atoms with Gasteiger partial charge in [-0.05, 0) is 11.8 Å². The van der Waals surface area contributed by atoms with E-state index in [0.29, 0.717) is 23.5 Å². The first kappa shape index (κ1) is 22.4. The molecule has 10 nitrogen and oxygen atoms in total. The van der Waals surface area contributed by atoms with Gasteiger partial charge < -0.3 is 27.8 Å². The van der Waals surface area contributed by atoms with Crippen LogP contribution >= 0.6 is 26.5 Å². The SMILES string of the molecule is COP(S)OCCn1c(COP(O)(=S)OC2COCC2F)nc2cncnc21. The Bertz CT molecular complexity index is 848. The molecule has 2 aromatic rings. The molecule has 1 aliphatic heterocycles. The fourth-order valence-corrected chi connectivity index (χ4v) is 4.43. The average Bonchev–Trinajstić information content (AvgIpc) is 3.23. The van der Waals surface area contributed by atoms with Crippen LogP contribution in [0.3, 0.4) is 0 Å². The number of hydrogen-bond acceptors (Lipinski definition) is 10. The number of aromatic nitrogens is 4. The summed E-state index contributed by atoms with van der Waals surface area (Å²) in [7, 11) is 0.230. The van der Waals surface area contributed by atoms with E-state index in [2.05, 4.69) is 27.2 Å². The Kier molecular flexibility index (Phi) is 8.08. The van der Waals surface area contributed by atoms with Gasteiger partial charge in [-0.3, -0.25) is 4.52 Å². The number of thiol groups is 1. The zero-order valence-electron chi connectivity index (χ0n) is 14.8. The Balaban J connectivity index is 1.69. The molecule has 1 N–H and O–H groups in total. The number of rotatable bonds is 10. The predicted octanol–water partition coefficient (Wildman–Crippen LogP) is 2.13. The van der Waals surface area contributed by atoms with E-state index in [1.54, 1.807) is 10.8 Å². The van der Waals surface area contributed by atoms with Crippen LogP contribution in [0, 0.1) is 0 Å². The van der Waals surface area contributed by atoms with Crippen molar-refractivity contribution in [1.29, 1.82) is 0 Å². The standard InChI is InChI=1S/C13H19FN4O6P2S2/c1-20-25(27)22-3-2-18-12(17-10-4-15-8-16-13(10)18)7-23-26(19,28)24-11-6-21-5-9(11)14/h4,8-9,11,27H,2-3,5-7H2,1H3,(H,19,28). The second-order valence-corrected chi connectivity index (χ2v) is 10.5. The Morgan fingerprint density at radius 1 is 1.54 bits per heavy atom. The summed E-state index contributed by atoms with van der Waals surface area (Å²) in [4.78, 5) is 22.8. The molecule has 1 saturated heterocycles. The van der Waals surface area contributed by atoms with Crippen molar-refractivity contribution in [2.24, 2.45) is 0 Å². The second kappa shape index (κ2) is 10.1. The summed E-state index contributed by atoms with van der Waals surface area (Å²) in [6.45, 7) is -3.26. The number of halogens is 1. The molecule has 0 aromatic carbocycles. The van der Waals surface area contributed by atoms with E-state index in [4.69, 9.17) is 34.6 Å². The van der Waals surface area contributed by atoms with Gasteiger partial charge in [0.05, 0.1) is 26.0 Å². The van der Waals surface area contributed by atoms with Crippen molar-refractivity contribution >= 4 is 49.5 Å². The molecule has 15 heteroatoms. The summed E-state index contributed by atoms with van der Waals surface area (Å²) in [6.07, 6.45) is 0.650. The van der Waals surface area contributed by atoms with E-state index >= 15 is 0 Å². The second-order valence-electron chi connectivity index (χ2n) is 5.60. The van der Waals surface area contributed by atoms with Crippen LogP contribution in [0.2, 0.25) is 0 Å². The van der Waals surface area contributed by atoms with Gasteiger partial charge in [-0.1, -0.05) is 12.2 Å². The smallest absolute Gasteiger partial charge is 0.325 e. The van der Waals surface area contributed by atoms with Crippen molar-refractivity contribution in [1.82, 2.24) is 19.5 Å². The Labute approximate surface area is 172 Å². The third-order valence-corrected chi connectivity index (χ3v) is 6.87. The molecule has 4 atom stereocenters. The minimum absolute atomic E-state index is 0.0150. The maximum absolute atomic E-state index is 13.6. The molecule has 2 aromatic heterocycles. The summed E-state index contributed by atoms with van der Waals surface area (Å²) in [5.74, 6) is 0.436. The highest BCUT2D eigenvalue weighted by Crippen LogP contribution is 2.47. The maximum atomic E-state index is 13.6. The molecular formula is C13H19FN4O6P2S2. The lowest BCUT2D eigenvalue weighted by Crippen LogP contribution is -2.22. The molecule has 0 spiro atoms. The summed E-state index contributed by atoms with van der Waals surface area (Å²) in [5, 5.41) is 0. The number of nitrogens with zero attached hydrogens (tertiary/aromatic N) is 4. The highest BCUT2D eigenvalue weighted by atomic mass is 32.7. The van der Waals surface area contributed by atoms with Gasteiger partial charge in [0.1, 0.15) is 30.4 Å². The zero-order valence-corrected chi connectivity index (χ0v) is 18.2. The van der Waals surface area contributed by atoms with Gasteiger partial charge in [-0.25, -0.2) is 19.3 Å². The quantitative estimate of drug-likeness (QED) is 0.394. The molecule has 0 radical (unpaired) electrons. The first-order valence-corrected chi connectivity index (χ1v) is 13.0. The van der Waals surface area contributed by atoms with Crippen LogP contribution in [-0.2, 0) is 47.8 Å². The van der Waals surface area contributed by atoms with Gasteiger partial charge in [0, 0.05) is 13.7 Å². The lowest BCUT2D eigenvalue weighted by Gasteiger charge is -2.20. The molecule has 4 unspecified atom stereocenters. The minimum Gasteiger partial charge on any atom is -0.375 e. The largest absolute Gasteiger partial charge is 0.375 e. The van der Waals surface area contributed by atoms with Crippen molar-refractivity contribution in [2.45, 2.75) is 25.4 Å². The molecule has 0 saturated carbocycles. The number of alkyl halides is 1. The third-order valence-electron chi connectivity index (χ3n) is 3.75. The fraction of sp³-hybridized carbons (Fsp3) is 0.615. The van der Waals surface area contributed by atoms with Gasteiger partial charge >= 0.3 is 6.72 Å². The molecule has 0 aliphatic carbocycles. The van der Waals surface area contributed by atoms with Crippen molar-refractivity contribution in [3.05, 3.63) is 18.3 Å². The average molecular weight is 472 g/mol. The molecule has 156 valence electrons. The van der Waals surface area contributed by atoms with Gasteiger partial charge in [-0.15, -0.1) is 0 Å². The Hall–Kier alpha value is -0.330. The lowest BCUT2D eigenvalue weighted by atomic mass is 10.3. The normalized spacial score (nSPS) is 23.1. The van der Waals surface area contributed by atoms with Crippen LogP contribution in [0.4, 0.5) is 4.39 Å². The van der Waals surface area contributed by atoms with Gasteiger partial charge in [0.2, 0.25) is 7.58 Å². The number of fused-ring (bicyclic) bond motifs is 1. The van der Waals surface area contributed by atoms with Gasteiger partial charge in [0.25, 0.3) is 0 Å². The molecule has 1 fully saturated rings. The van der Waals surface area contributed by atoms with E-state index in [0.717, 1.165) is 0 Å². The Morgan fingerprint density at radius 3 is 3.07 bits per heavy atom. The predicted molar refractivity (Wildman–Crippen MR) is 106 cm³/mol. The Morgan fingerprint density at radius 2 is 2.36 bits per heavy atom. The number of imidazole rings is 1. The van der Waals surface area contributed by atoms with Crippen LogP contribution in [0.25, 0.3) is 11.2 Å². The number of ether oxygens (including phenoxy) is 1. The van der Waals surface area contributed by atoms with Crippen molar-refractivity contribution in [2.75, 3.05) is 26.9 Å². The first-order valence-electron chi connectivity index (χ1n) is 8.08. The van der Waals surface area contributed by atoms with E-state index < -0.39 is 26.6 Å². The lowest BCUT2D eigenvalue weighted by molar-refractivity contribution is 0.0920. The third kappa shape index (κ3) is 5.85. The topological polar surface area (TPSA) is 110 Å². The fourth-order valence-electron chi connectivity index (χ4n) is 2.48. The molecule has 28 heavy (non-hydrogen) atoms. The highest BCUT2D eigenvalue weighted by molar-refractivity contribution is 8.41. The highest BCUT2D eigenvalue weighted by Gasteiger charge is 2.34. The minimum atomic E-state index is -3.69. The van der Waals surface area contributed by atoms with Crippen LogP contribution < -0.4 is 0 Å². The van der Waals surface area contributed by atoms with Crippen molar-refractivity contribution < 1.29 is 32.1 Å². The van der Waals surface area contributed by atoms with Crippen LogP contribution in [0.15, 0.2) is 12.5 Å². The van der Waals surface area contributed by atoms with Crippen molar-refractivity contribution in [3.8, 4) is 0 Å². The van der Waals surface area contributed by atoms with Gasteiger partial charge in [-0.2, -0.15) is 0 Å². The molecule has 0 amide bonds. The van der Waals surface area contributed by atoms with Crippen LogP contribution in [0.1, 0.15) is 5.82 Å². The van der Waals surface area contributed by atoms with Crippen LogP contribution in [0.5, 0.6) is 0 Å². The first-order chi connectivity index (χ1) is 13.4. The maximum Gasteiger partial charge on any atom is 0.325 e. The van der Waals surface area contributed by atoms with E-state index in [-0.39, 0.29) is 26.4 Å². The van der Waals surface area contributed by atoms with E-state index in [1.807, 2.05) is 0 Å². The van der Waals surface area contributed by atoms with Gasteiger partial charge in [0.15, 0.2) is 11.8 Å². The molecule has 0 bridgehead atoms. The zero-order chi connectivity index (χ0) is 20.1. The monoisotopic (exact) mass is 472 g/mol. The van der Waals surface area contributed by atoms with E-state index in [1.165, 1.54) is 13.4 Å².